The third kappa shape index (κ3) is 9.85. The number of benzene rings is 1. The molecule has 4 heteroatoms. The smallest absolute Gasteiger partial charge is 0.179 e. The Balaban J connectivity index is 0.00000529. The average Bonchev–Trinajstić information content (AvgIpc) is 2.53. The van der Waals surface area contributed by atoms with Gasteiger partial charge in [-0.05, 0) is 32.0 Å². The minimum Gasteiger partial charge on any atom is -0.307 e. The van der Waals surface area contributed by atoms with Gasteiger partial charge in [-0.15, -0.1) is 28.7 Å². The molecule has 0 aliphatic carbocycles. The number of Topliss-reactive ketones (excluding diaryl/α,β-unsaturated/α-hetero) is 1. The van der Waals surface area contributed by atoms with Crippen molar-refractivity contribution in [3.05, 3.63) is 29.8 Å². The molecule has 0 spiro atoms. The number of hydrogen-bond acceptors (Lipinski definition) is 3. The maximum Gasteiger partial charge on any atom is 0.179 e. The van der Waals surface area contributed by atoms with Gasteiger partial charge in [0, 0.05) is 15.7 Å². The molecular formula is C20H34BrNOS. The van der Waals surface area contributed by atoms with E-state index in [-0.39, 0.29) is 28.8 Å². The van der Waals surface area contributed by atoms with Crippen LogP contribution in [0.4, 0.5) is 0 Å². The lowest BCUT2D eigenvalue weighted by molar-refractivity contribution is 0.0951. The molecule has 1 unspecified atom stereocenters. The fraction of sp³-hybridized carbons (Fsp3) is 0.650. The van der Waals surface area contributed by atoms with Crippen LogP contribution >= 0.6 is 28.7 Å². The van der Waals surface area contributed by atoms with E-state index in [0.29, 0.717) is 5.25 Å². The van der Waals surface area contributed by atoms with E-state index < -0.39 is 0 Å². The topological polar surface area (TPSA) is 29.1 Å². The molecular weight excluding hydrogens is 382 g/mol. The number of halogens is 1. The van der Waals surface area contributed by atoms with Gasteiger partial charge < -0.3 is 5.32 Å². The summed E-state index contributed by atoms with van der Waals surface area (Å²) in [5.74, 6) is 0.192. The van der Waals surface area contributed by atoms with Crippen molar-refractivity contribution in [1.29, 1.82) is 0 Å². The molecule has 138 valence electrons. The first-order valence-electron chi connectivity index (χ1n) is 9.09. The molecule has 1 aromatic carbocycles. The number of unbranched alkanes of at least 4 members (excludes halogenated alkanes) is 5. The fourth-order valence-electron chi connectivity index (χ4n) is 2.54. The monoisotopic (exact) mass is 415 g/mol. The molecule has 0 saturated heterocycles. The van der Waals surface area contributed by atoms with Crippen LogP contribution in [0.25, 0.3) is 0 Å². The first-order valence-corrected chi connectivity index (χ1v) is 9.97. The van der Waals surface area contributed by atoms with Crippen molar-refractivity contribution < 1.29 is 4.79 Å². The summed E-state index contributed by atoms with van der Waals surface area (Å²) >= 11 is 1.83. The average molecular weight is 416 g/mol. The van der Waals surface area contributed by atoms with Gasteiger partial charge in [0.25, 0.3) is 0 Å². The highest BCUT2D eigenvalue weighted by Gasteiger charge is 2.14. The number of carbonyl (C=O) groups is 1. The van der Waals surface area contributed by atoms with Crippen molar-refractivity contribution in [2.24, 2.45) is 0 Å². The van der Waals surface area contributed by atoms with Gasteiger partial charge in [-0.3, -0.25) is 4.79 Å². The summed E-state index contributed by atoms with van der Waals surface area (Å²) < 4.78 is 0. The van der Waals surface area contributed by atoms with E-state index in [9.17, 15) is 4.79 Å². The van der Waals surface area contributed by atoms with Gasteiger partial charge in [-0.25, -0.2) is 0 Å². The highest BCUT2D eigenvalue weighted by atomic mass is 79.9. The molecule has 0 radical (unpaired) electrons. The van der Waals surface area contributed by atoms with Gasteiger partial charge in [0.1, 0.15) is 0 Å². The molecule has 0 bridgehead atoms. The Bertz CT molecular complexity index is 447. The second kappa shape index (κ2) is 13.9. The number of thioether (sulfide) groups is 1. The van der Waals surface area contributed by atoms with Crippen LogP contribution in [-0.4, -0.2) is 23.6 Å². The molecule has 1 atom stereocenters. The zero-order chi connectivity index (χ0) is 17.1. The Hall–Kier alpha value is -0.320. The van der Waals surface area contributed by atoms with Crippen molar-refractivity contribution in [2.45, 2.75) is 82.4 Å². The Labute approximate surface area is 163 Å². The number of nitrogens with one attached hydrogen (secondary N) is 1. The van der Waals surface area contributed by atoms with E-state index in [1.54, 1.807) is 0 Å². The van der Waals surface area contributed by atoms with E-state index in [1.165, 1.54) is 37.0 Å². The van der Waals surface area contributed by atoms with Gasteiger partial charge in [-0.1, -0.05) is 65.0 Å². The highest BCUT2D eigenvalue weighted by molar-refractivity contribution is 8.93. The van der Waals surface area contributed by atoms with Gasteiger partial charge in [-0.2, -0.15) is 0 Å². The zero-order valence-corrected chi connectivity index (χ0v) is 18.2. The van der Waals surface area contributed by atoms with Gasteiger partial charge in [0.05, 0.1) is 6.04 Å². The zero-order valence-electron chi connectivity index (χ0n) is 15.6. The Kier molecular flexibility index (Phi) is 13.7. The van der Waals surface area contributed by atoms with Crippen LogP contribution in [0.3, 0.4) is 0 Å². The number of rotatable bonds is 12. The summed E-state index contributed by atoms with van der Waals surface area (Å²) in [5, 5.41) is 3.93. The van der Waals surface area contributed by atoms with Crippen molar-refractivity contribution in [1.82, 2.24) is 5.32 Å². The third-order valence-electron chi connectivity index (χ3n) is 3.88. The van der Waals surface area contributed by atoms with Crippen LogP contribution in [0.1, 0.15) is 76.6 Å². The van der Waals surface area contributed by atoms with Gasteiger partial charge >= 0.3 is 0 Å². The molecule has 0 saturated carbocycles. The predicted octanol–water partition coefficient (Wildman–Crippen LogP) is 6.29. The number of carbonyl (C=O) groups excluding carboxylic acids is 1. The molecule has 2 nitrogen and oxygen atoms in total. The summed E-state index contributed by atoms with van der Waals surface area (Å²) in [6, 6.07) is 7.91. The van der Waals surface area contributed by atoms with Crippen molar-refractivity contribution in [3.8, 4) is 0 Å². The van der Waals surface area contributed by atoms with E-state index in [4.69, 9.17) is 0 Å². The number of hydrogen-bond donors (Lipinski definition) is 1. The lowest BCUT2D eigenvalue weighted by Gasteiger charge is -2.13. The molecule has 0 fully saturated rings. The highest BCUT2D eigenvalue weighted by Crippen LogP contribution is 2.23. The molecule has 0 aromatic heterocycles. The van der Waals surface area contributed by atoms with E-state index in [2.05, 4.69) is 38.2 Å². The lowest BCUT2D eigenvalue weighted by atomic mass is 10.1. The van der Waals surface area contributed by atoms with Crippen LogP contribution in [0.15, 0.2) is 29.2 Å². The standard InChI is InChI=1S/C20H33NOS.BrH/c1-5-6-7-8-9-10-15-21-17(4)20(22)18-11-13-19(14-12-18)23-16(2)3;/h11-14,16-17,21H,5-10,15H2,1-4H3;1H. The van der Waals surface area contributed by atoms with E-state index >= 15 is 0 Å². The van der Waals surface area contributed by atoms with Crippen LogP contribution in [0, 0.1) is 0 Å². The summed E-state index contributed by atoms with van der Waals surface area (Å²) in [6.07, 6.45) is 7.70. The molecule has 1 rings (SSSR count). The second-order valence-electron chi connectivity index (χ2n) is 6.50. The molecule has 0 aliphatic rings. The minimum atomic E-state index is -0.103. The number of ketones is 1. The summed E-state index contributed by atoms with van der Waals surface area (Å²) in [6.45, 7) is 9.50. The van der Waals surface area contributed by atoms with Crippen LogP contribution in [0.2, 0.25) is 0 Å². The van der Waals surface area contributed by atoms with E-state index in [1.807, 2.05) is 30.8 Å². The van der Waals surface area contributed by atoms with Crippen LogP contribution < -0.4 is 5.32 Å². The Morgan fingerprint density at radius 1 is 1.00 bits per heavy atom. The van der Waals surface area contributed by atoms with Crippen molar-refractivity contribution in [2.75, 3.05) is 6.54 Å². The van der Waals surface area contributed by atoms with Gasteiger partial charge in [0.15, 0.2) is 5.78 Å². The third-order valence-corrected chi connectivity index (χ3v) is 4.90. The minimum absolute atomic E-state index is 0. The maximum absolute atomic E-state index is 12.4. The SMILES string of the molecule is Br.CCCCCCCCNC(C)C(=O)c1ccc(SC(C)C)cc1. The fourth-order valence-corrected chi connectivity index (χ4v) is 3.37. The molecule has 0 aliphatic heterocycles. The van der Waals surface area contributed by atoms with Gasteiger partial charge in [0.2, 0.25) is 0 Å². The molecule has 1 N–H and O–H groups in total. The summed E-state index contributed by atoms with van der Waals surface area (Å²) in [5.41, 5.74) is 0.807. The molecule has 0 heterocycles. The first kappa shape index (κ1) is 23.7. The summed E-state index contributed by atoms with van der Waals surface area (Å²) in [4.78, 5) is 13.6. The molecule has 1 aromatic rings. The first-order chi connectivity index (χ1) is 11.0. The van der Waals surface area contributed by atoms with Crippen LogP contribution in [0.5, 0.6) is 0 Å². The molecule has 0 amide bonds. The second-order valence-corrected chi connectivity index (χ2v) is 8.15. The largest absolute Gasteiger partial charge is 0.307 e. The van der Waals surface area contributed by atoms with E-state index in [0.717, 1.165) is 18.5 Å². The Morgan fingerprint density at radius 2 is 1.58 bits per heavy atom. The normalized spacial score (nSPS) is 12.0. The van der Waals surface area contributed by atoms with Crippen molar-refractivity contribution >= 4 is 34.5 Å². The lowest BCUT2D eigenvalue weighted by Crippen LogP contribution is -2.34. The maximum atomic E-state index is 12.4. The van der Waals surface area contributed by atoms with Crippen LogP contribution in [-0.2, 0) is 0 Å². The quantitative estimate of drug-likeness (QED) is 0.247. The predicted molar refractivity (Wildman–Crippen MR) is 113 cm³/mol. The van der Waals surface area contributed by atoms with Crippen molar-refractivity contribution in [3.63, 3.8) is 0 Å². The summed E-state index contributed by atoms with van der Waals surface area (Å²) in [7, 11) is 0. The Morgan fingerprint density at radius 3 is 2.17 bits per heavy atom. The molecule has 24 heavy (non-hydrogen) atoms.